The fraction of sp³-hybridized carbons (Fsp3) is 0. The molecular weight excluding hydrogens is 260 g/mol. The van der Waals surface area contributed by atoms with Gasteiger partial charge < -0.3 is 16.4 Å². The fourth-order valence-electron chi connectivity index (χ4n) is 1.52. The number of amides is 1. The molecule has 0 spiro atoms. The molecule has 4 N–H and O–H groups in total. The first kappa shape index (κ1) is 13.0. The van der Waals surface area contributed by atoms with Crippen molar-refractivity contribution in [1.29, 1.82) is 0 Å². The maximum absolute atomic E-state index is 12.0. The number of aromatic nitrogens is 1. The first-order valence-electron chi connectivity index (χ1n) is 5.53. The average molecular weight is 272 g/mol. The molecule has 1 aromatic carbocycles. The van der Waals surface area contributed by atoms with Gasteiger partial charge in [-0.15, -0.1) is 0 Å². The molecule has 1 heterocycles. The highest BCUT2D eigenvalue weighted by Gasteiger charge is 2.06. The molecule has 0 aliphatic carbocycles. The van der Waals surface area contributed by atoms with Gasteiger partial charge in [-0.2, -0.15) is 0 Å². The van der Waals surface area contributed by atoms with Crippen molar-refractivity contribution >= 4 is 34.6 Å². The summed E-state index contributed by atoms with van der Waals surface area (Å²) in [5.41, 5.74) is 7.20. The van der Waals surface area contributed by atoms with E-state index >= 15 is 0 Å². The number of hydrogen-bond donors (Lipinski definition) is 3. The Hall–Kier alpha value is -2.47. The summed E-state index contributed by atoms with van der Waals surface area (Å²) in [4.78, 5) is 15.9. The number of benzene rings is 1. The highest BCUT2D eigenvalue weighted by molar-refractivity contribution is 7.80. The van der Waals surface area contributed by atoms with E-state index < -0.39 is 0 Å². The molecule has 19 heavy (non-hydrogen) atoms. The van der Waals surface area contributed by atoms with E-state index in [2.05, 4.69) is 15.6 Å². The molecule has 96 valence electrons. The van der Waals surface area contributed by atoms with Crippen LogP contribution in [0.5, 0.6) is 0 Å². The molecule has 0 radical (unpaired) electrons. The summed E-state index contributed by atoms with van der Waals surface area (Å²) < 4.78 is 0. The number of anilines is 2. The summed E-state index contributed by atoms with van der Waals surface area (Å²) in [6.45, 7) is 0. The second kappa shape index (κ2) is 5.92. The normalized spacial score (nSPS) is 9.68. The van der Waals surface area contributed by atoms with Crippen molar-refractivity contribution in [2.75, 3.05) is 10.6 Å². The molecule has 6 heteroatoms. The minimum Gasteiger partial charge on any atom is -0.376 e. The van der Waals surface area contributed by atoms with Crippen molar-refractivity contribution in [1.82, 2.24) is 4.98 Å². The summed E-state index contributed by atoms with van der Waals surface area (Å²) in [5.74, 6) is -0.223. The van der Waals surface area contributed by atoms with Gasteiger partial charge >= 0.3 is 0 Å². The van der Waals surface area contributed by atoms with Gasteiger partial charge in [0.15, 0.2) is 5.11 Å². The zero-order chi connectivity index (χ0) is 13.7. The lowest BCUT2D eigenvalue weighted by Gasteiger charge is -2.07. The van der Waals surface area contributed by atoms with Crippen molar-refractivity contribution < 1.29 is 4.79 Å². The van der Waals surface area contributed by atoms with Crippen LogP contribution in [0.4, 0.5) is 11.4 Å². The van der Waals surface area contributed by atoms with E-state index in [0.29, 0.717) is 16.9 Å². The fourth-order valence-corrected chi connectivity index (χ4v) is 1.64. The van der Waals surface area contributed by atoms with Gasteiger partial charge in [0, 0.05) is 17.4 Å². The number of nitrogens with one attached hydrogen (secondary N) is 2. The van der Waals surface area contributed by atoms with Gasteiger partial charge in [-0.1, -0.05) is 6.07 Å². The molecule has 0 atom stereocenters. The van der Waals surface area contributed by atoms with E-state index in [-0.39, 0.29) is 11.0 Å². The third kappa shape index (κ3) is 3.75. The predicted molar refractivity (Wildman–Crippen MR) is 79.0 cm³/mol. The third-order valence-electron chi connectivity index (χ3n) is 2.31. The topological polar surface area (TPSA) is 80.0 Å². The second-order valence-electron chi connectivity index (χ2n) is 3.77. The number of rotatable bonds is 3. The van der Waals surface area contributed by atoms with Crippen molar-refractivity contribution in [3.05, 3.63) is 54.4 Å². The summed E-state index contributed by atoms with van der Waals surface area (Å²) in [5, 5.41) is 5.68. The van der Waals surface area contributed by atoms with E-state index in [0.717, 1.165) is 0 Å². The van der Waals surface area contributed by atoms with Crippen LogP contribution in [0.3, 0.4) is 0 Å². The van der Waals surface area contributed by atoms with E-state index in [1.807, 2.05) is 0 Å². The third-order valence-corrected chi connectivity index (χ3v) is 2.41. The molecule has 2 aromatic rings. The maximum atomic E-state index is 12.0. The van der Waals surface area contributed by atoms with Gasteiger partial charge in [0.1, 0.15) is 0 Å². The number of pyridine rings is 1. The zero-order valence-electron chi connectivity index (χ0n) is 9.96. The Morgan fingerprint density at radius 3 is 2.63 bits per heavy atom. The van der Waals surface area contributed by atoms with E-state index in [9.17, 15) is 4.79 Å². The Labute approximate surface area is 115 Å². The molecule has 1 amide bonds. The smallest absolute Gasteiger partial charge is 0.255 e. The van der Waals surface area contributed by atoms with Gasteiger partial charge in [0.05, 0.1) is 11.9 Å². The van der Waals surface area contributed by atoms with E-state index in [1.54, 1.807) is 48.8 Å². The van der Waals surface area contributed by atoms with Crippen LogP contribution in [0.15, 0.2) is 48.8 Å². The Balaban J connectivity index is 2.13. The number of nitrogens with zero attached hydrogens (tertiary/aromatic N) is 1. The van der Waals surface area contributed by atoms with Crippen molar-refractivity contribution in [3.8, 4) is 0 Å². The number of hydrogen-bond acceptors (Lipinski definition) is 3. The summed E-state index contributed by atoms with van der Waals surface area (Å²) in [6, 6.07) is 10.4. The van der Waals surface area contributed by atoms with Gasteiger partial charge in [-0.3, -0.25) is 9.78 Å². The lowest BCUT2D eigenvalue weighted by molar-refractivity contribution is 0.102. The van der Waals surface area contributed by atoms with Gasteiger partial charge in [0.2, 0.25) is 0 Å². The Morgan fingerprint density at radius 2 is 1.95 bits per heavy atom. The Morgan fingerprint density at radius 1 is 1.16 bits per heavy atom. The molecule has 2 rings (SSSR count). The Kier molecular flexibility index (Phi) is 4.04. The number of carbonyl (C=O) groups excluding carboxylic acids is 1. The predicted octanol–water partition coefficient (Wildman–Crippen LogP) is 1.99. The monoisotopic (exact) mass is 272 g/mol. The lowest BCUT2D eigenvalue weighted by atomic mass is 10.2. The summed E-state index contributed by atoms with van der Waals surface area (Å²) >= 11 is 4.75. The molecule has 0 aliphatic heterocycles. The summed E-state index contributed by atoms with van der Waals surface area (Å²) in [6.07, 6.45) is 3.22. The number of nitrogens with two attached hydrogens (primary N) is 1. The quantitative estimate of drug-likeness (QED) is 0.745. The lowest BCUT2D eigenvalue weighted by Crippen LogP contribution is -2.19. The van der Waals surface area contributed by atoms with Crippen LogP contribution in [0, 0.1) is 0 Å². The minimum atomic E-state index is -0.223. The maximum Gasteiger partial charge on any atom is 0.255 e. The van der Waals surface area contributed by atoms with Crippen LogP contribution in [0.2, 0.25) is 0 Å². The molecule has 0 fully saturated rings. The molecule has 0 bridgehead atoms. The van der Waals surface area contributed by atoms with Crippen LogP contribution >= 0.6 is 12.2 Å². The van der Waals surface area contributed by atoms with E-state index in [4.69, 9.17) is 18.0 Å². The van der Waals surface area contributed by atoms with Crippen LogP contribution < -0.4 is 16.4 Å². The van der Waals surface area contributed by atoms with Crippen LogP contribution in [-0.4, -0.2) is 16.0 Å². The molecule has 0 unspecified atom stereocenters. The minimum absolute atomic E-state index is 0.157. The average Bonchev–Trinajstić information content (AvgIpc) is 2.39. The van der Waals surface area contributed by atoms with Gasteiger partial charge in [-0.25, -0.2) is 0 Å². The molecule has 0 saturated heterocycles. The van der Waals surface area contributed by atoms with Gasteiger partial charge in [0.25, 0.3) is 5.91 Å². The van der Waals surface area contributed by atoms with Crippen molar-refractivity contribution in [2.24, 2.45) is 5.73 Å². The second-order valence-corrected chi connectivity index (χ2v) is 4.21. The highest BCUT2D eigenvalue weighted by atomic mass is 32.1. The van der Waals surface area contributed by atoms with Crippen LogP contribution in [-0.2, 0) is 0 Å². The van der Waals surface area contributed by atoms with Crippen LogP contribution in [0.1, 0.15) is 10.4 Å². The van der Waals surface area contributed by atoms with E-state index in [1.165, 1.54) is 0 Å². The molecule has 1 aromatic heterocycles. The Bertz CT molecular complexity index is 601. The number of thiocarbonyl (C=S) groups is 1. The van der Waals surface area contributed by atoms with Crippen molar-refractivity contribution in [3.63, 3.8) is 0 Å². The highest BCUT2D eigenvalue weighted by Crippen LogP contribution is 2.12. The first-order valence-corrected chi connectivity index (χ1v) is 5.94. The zero-order valence-corrected chi connectivity index (χ0v) is 10.8. The summed E-state index contributed by atoms with van der Waals surface area (Å²) in [7, 11) is 0. The first-order chi connectivity index (χ1) is 9.15. The van der Waals surface area contributed by atoms with Gasteiger partial charge in [-0.05, 0) is 42.5 Å². The molecule has 0 saturated carbocycles. The number of carbonyl (C=O) groups is 1. The molecule has 5 nitrogen and oxygen atoms in total. The molecular formula is C13H12N4OS. The van der Waals surface area contributed by atoms with Crippen LogP contribution in [0.25, 0.3) is 0 Å². The largest absolute Gasteiger partial charge is 0.376 e. The standard InChI is InChI=1S/C13H12N4OS/c14-13(19)17-10-4-1-3-9(7-10)12(18)16-11-5-2-6-15-8-11/h1-8H,(H,16,18)(H3,14,17,19). The van der Waals surface area contributed by atoms with Crippen molar-refractivity contribution in [2.45, 2.75) is 0 Å². The SMILES string of the molecule is NC(=S)Nc1cccc(C(=O)Nc2cccnc2)c1. The molecule has 0 aliphatic rings.